The molecule has 3 aromatic rings. The van der Waals surface area contributed by atoms with E-state index in [-0.39, 0.29) is 22.8 Å². The van der Waals surface area contributed by atoms with Crippen LogP contribution >= 0.6 is 23.4 Å². The Morgan fingerprint density at radius 2 is 2.13 bits per heavy atom. The first kappa shape index (κ1) is 22.8. The van der Waals surface area contributed by atoms with Gasteiger partial charge in [-0.25, -0.2) is 4.39 Å². The van der Waals surface area contributed by atoms with Crippen LogP contribution in [0.3, 0.4) is 0 Å². The van der Waals surface area contributed by atoms with Gasteiger partial charge in [-0.2, -0.15) is 0 Å². The molecule has 0 saturated carbocycles. The van der Waals surface area contributed by atoms with Crippen LogP contribution in [0, 0.1) is 12.7 Å². The highest BCUT2D eigenvalue weighted by Crippen LogP contribution is 2.27. The van der Waals surface area contributed by atoms with E-state index in [0.29, 0.717) is 23.2 Å². The van der Waals surface area contributed by atoms with Gasteiger partial charge < -0.3 is 10.1 Å². The molecule has 1 aromatic heterocycles. The number of benzene rings is 2. The minimum Gasteiger partial charge on any atom is -0.482 e. The van der Waals surface area contributed by atoms with E-state index in [0.717, 1.165) is 11.3 Å². The first-order chi connectivity index (χ1) is 14.9. The zero-order valence-electron chi connectivity index (χ0n) is 17.1. The fourth-order valence-corrected chi connectivity index (χ4v) is 3.78. The quantitative estimate of drug-likeness (QED) is 0.340. The smallest absolute Gasteiger partial charge is 0.234 e. The van der Waals surface area contributed by atoms with Gasteiger partial charge in [-0.05, 0) is 43.7 Å². The first-order valence-corrected chi connectivity index (χ1v) is 10.9. The summed E-state index contributed by atoms with van der Waals surface area (Å²) in [5.74, 6) is 0.691. The van der Waals surface area contributed by atoms with Crippen molar-refractivity contribution in [3.05, 3.63) is 77.3 Å². The van der Waals surface area contributed by atoms with Crippen LogP contribution in [-0.2, 0) is 11.3 Å². The van der Waals surface area contributed by atoms with Crippen molar-refractivity contribution in [3.8, 4) is 5.75 Å². The van der Waals surface area contributed by atoms with Crippen molar-refractivity contribution in [2.45, 2.75) is 31.7 Å². The van der Waals surface area contributed by atoms with Crippen molar-refractivity contribution in [1.82, 2.24) is 14.8 Å². The zero-order chi connectivity index (χ0) is 22.4. The third kappa shape index (κ3) is 5.86. The number of rotatable bonds is 9. The summed E-state index contributed by atoms with van der Waals surface area (Å²) in [6, 6.07) is 11.8. The number of aromatic nitrogens is 3. The average Bonchev–Trinajstić information content (AvgIpc) is 3.14. The second-order valence-corrected chi connectivity index (χ2v) is 8.08. The minimum atomic E-state index is -0.541. The van der Waals surface area contributed by atoms with Crippen LogP contribution in [0.4, 0.5) is 10.1 Å². The molecule has 0 aliphatic carbocycles. The summed E-state index contributed by atoms with van der Waals surface area (Å²) in [7, 11) is 0. The van der Waals surface area contributed by atoms with Gasteiger partial charge in [-0.1, -0.05) is 47.6 Å². The largest absolute Gasteiger partial charge is 0.482 e. The molecule has 6 nitrogen and oxygen atoms in total. The van der Waals surface area contributed by atoms with E-state index in [1.165, 1.54) is 30.0 Å². The van der Waals surface area contributed by atoms with Crippen LogP contribution in [0.25, 0.3) is 0 Å². The Labute approximate surface area is 189 Å². The Bertz CT molecular complexity index is 1090. The van der Waals surface area contributed by atoms with Gasteiger partial charge in [-0.3, -0.25) is 9.36 Å². The Hall–Kier alpha value is -2.84. The number of aryl methyl sites for hydroxylation is 1. The molecule has 1 unspecified atom stereocenters. The van der Waals surface area contributed by atoms with Crippen LogP contribution in [0.5, 0.6) is 5.75 Å². The lowest BCUT2D eigenvalue weighted by atomic mass is 10.2. The molecule has 0 radical (unpaired) electrons. The number of thioether (sulfide) groups is 1. The lowest BCUT2D eigenvalue weighted by molar-refractivity contribution is -0.113. The Kier molecular flexibility index (Phi) is 7.70. The number of hydrogen-bond donors (Lipinski definition) is 1. The summed E-state index contributed by atoms with van der Waals surface area (Å²) in [6.07, 6.45) is 1.39. The van der Waals surface area contributed by atoms with Crippen LogP contribution < -0.4 is 10.1 Å². The molecular weight excluding hydrogens is 439 g/mol. The molecule has 2 aromatic carbocycles. The second-order valence-electron chi connectivity index (χ2n) is 6.73. The summed E-state index contributed by atoms with van der Waals surface area (Å²) >= 11 is 6.99. The van der Waals surface area contributed by atoms with Gasteiger partial charge >= 0.3 is 0 Å². The molecule has 0 aliphatic heterocycles. The van der Waals surface area contributed by atoms with Crippen molar-refractivity contribution < 1.29 is 13.9 Å². The van der Waals surface area contributed by atoms with Gasteiger partial charge in [0.25, 0.3) is 0 Å². The number of para-hydroxylation sites is 1. The molecule has 1 atom stereocenters. The molecule has 0 bridgehead atoms. The predicted octanol–water partition coefficient (Wildman–Crippen LogP) is 5.44. The number of halogens is 2. The zero-order valence-corrected chi connectivity index (χ0v) is 18.7. The number of nitrogens with zero attached hydrogens (tertiary/aromatic N) is 3. The molecule has 3 rings (SSSR count). The molecule has 0 spiro atoms. The average molecular weight is 461 g/mol. The standard InChI is InChI=1S/C22H22ClFN4O2S/c1-4-11-28-21(15(3)30-19-8-6-5-7-14(19)2)26-27-22(28)31-13-20(29)25-16-9-10-18(24)17(23)12-16/h4-10,12,15H,1,11,13H2,2-3H3,(H,25,29). The van der Waals surface area contributed by atoms with E-state index >= 15 is 0 Å². The van der Waals surface area contributed by atoms with Crippen molar-refractivity contribution in [2.24, 2.45) is 0 Å². The van der Waals surface area contributed by atoms with Gasteiger partial charge in [0.05, 0.1) is 10.8 Å². The molecule has 1 amide bonds. The third-order valence-electron chi connectivity index (χ3n) is 4.35. The summed E-state index contributed by atoms with van der Waals surface area (Å²) in [6.45, 7) is 8.14. The van der Waals surface area contributed by atoms with E-state index in [1.807, 2.05) is 42.7 Å². The number of nitrogens with one attached hydrogen (secondary N) is 1. The summed E-state index contributed by atoms with van der Waals surface area (Å²) in [5.41, 5.74) is 1.45. The third-order valence-corrected chi connectivity index (χ3v) is 5.61. The first-order valence-electron chi connectivity index (χ1n) is 9.53. The van der Waals surface area contributed by atoms with Crippen LogP contribution in [0.15, 0.2) is 60.3 Å². The maximum Gasteiger partial charge on any atom is 0.234 e. The lowest BCUT2D eigenvalue weighted by Crippen LogP contribution is -2.15. The van der Waals surface area contributed by atoms with Gasteiger partial charge in [-0.15, -0.1) is 16.8 Å². The second kappa shape index (κ2) is 10.5. The highest BCUT2D eigenvalue weighted by Gasteiger charge is 2.20. The maximum absolute atomic E-state index is 13.3. The van der Waals surface area contributed by atoms with E-state index < -0.39 is 5.82 Å². The van der Waals surface area contributed by atoms with Crippen LogP contribution in [0.2, 0.25) is 5.02 Å². The van der Waals surface area contributed by atoms with Crippen molar-refractivity contribution >= 4 is 35.0 Å². The van der Waals surface area contributed by atoms with Crippen LogP contribution in [0.1, 0.15) is 24.4 Å². The predicted molar refractivity (Wildman–Crippen MR) is 121 cm³/mol. The molecule has 1 N–H and O–H groups in total. The molecule has 9 heteroatoms. The van der Waals surface area contributed by atoms with Crippen molar-refractivity contribution in [2.75, 3.05) is 11.1 Å². The summed E-state index contributed by atoms with van der Waals surface area (Å²) in [5, 5.41) is 11.7. The number of carbonyl (C=O) groups is 1. The molecule has 0 saturated heterocycles. The van der Waals surface area contributed by atoms with Gasteiger partial charge in [0.1, 0.15) is 11.6 Å². The number of hydrogen-bond acceptors (Lipinski definition) is 5. The topological polar surface area (TPSA) is 69.0 Å². The fraction of sp³-hybridized carbons (Fsp3) is 0.227. The highest BCUT2D eigenvalue weighted by atomic mass is 35.5. The highest BCUT2D eigenvalue weighted by molar-refractivity contribution is 7.99. The molecule has 31 heavy (non-hydrogen) atoms. The van der Waals surface area contributed by atoms with E-state index in [1.54, 1.807) is 6.08 Å². The monoisotopic (exact) mass is 460 g/mol. The fourth-order valence-electron chi connectivity index (χ4n) is 2.84. The Morgan fingerprint density at radius 3 is 2.84 bits per heavy atom. The number of anilines is 1. The Balaban J connectivity index is 1.68. The molecule has 162 valence electrons. The summed E-state index contributed by atoms with van der Waals surface area (Å²) < 4.78 is 21.2. The number of allylic oxidation sites excluding steroid dienone is 1. The minimum absolute atomic E-state index is 0.0524. The van der Waals surface area contributed by atoms with Crippen molar-refractivity contribution in [3.63, 3.8) is 0 Å². The number of ether oxygens (including phenoxy) is 1. The Morgan fingerprint density at radius 1 is 1.35 bits per heavy atom. The summed E-state index contributed by atoms with van der Waals surface area (Å²) in [4.78, 5) is 12.3. The van der Waals surface area contributed by atoms with E-state index in [4.69, 9.17) is 16.3 Å². The lowest BCUT2D eigenvalue weighted by Gasteiger charge is -2.17. The van der Waals surface area contributed by atoms with E-state index in [2.05, 4.69) is 22.1 Å². The van der Waals surface area contributed by atoms with Gasteiger partial charge in [0.15, 0.2) is 17.1 Å². The molecule has 0 aliphatic rings. The normalized spacial score (nSPS) is 11.7. The molecule has 1 heterocycles. The van der Waals surface area contributed by atoms with Gasteiger partial charge in [0, 0.05) is 12.2 Å². The maximum atomic E-state index is 13.3. The van der Waals surface area contributed by atoms with E-state index in [9.17, 15) is 9.18 Å². The number of amides is 1. The number of carbonyl (C=O) groups excluding carboxylic acids is 1. The van der Waals surface area contributed by atoms with Crippen molar-refractivity contribution in [1.29, 1.82) is 0 Å². The van der Waals surface area contributed by atoms with Gasteiger partial charge in [0.2, 0.25) is 5.91 Å². The van der Waals surface area contributed by atoms with Crippen LogP contribution in [-0.4, -0.2) is 26.4 Å². The molecular formula is C22H22ClFN4O2S. The molecule has 0 fully saturated rings. The SMILES string of the molecule is C=CCn1c(SCC(=O)Nc2ccc(F)c(Cl)c2)nnc1C(C)Oc1ccccc1C.